The molecule has 1 aromatic carbocycles. The number of aromatic nitrogens is 2. The summed E-state index contributed by atoms with van der Waals surface area (Å²) in [7, 11) is 0. The predicted molar refractivity (Wildman–Crippen MR) is 61.1 cm³/mol. The molecule has 1 aromatic heterocycles. The number of hydrogen-bond donors (Lipinski definition) is 1. The van der Waals surface area contributed by atoms with Crippen molar-refractivity contribution >= 4 is 0 Å². The lowest BCUT2D eigenvalue weighted by atomic mass is 10.2. The predicted octanol–water partition coefficient (Wildman–Crippen LogP) is 1.68. The van der Waals surface area contributed by atoms with Gasteiger partial charge in [-0.05, 0) is 37.1 Å². The Morgan fingerprint density at radius 2 is 2.13 bits per heavy atom. The summed E-state index contributed by atoms with van der Waals surface area (Å²) in [5, 5.41) is 4.33. The Hall–Kier alpha value is -1.61. The maximum Gasteiger partial charge on any atom is 0.0674 e. The third kappa shape index (κ3) is 2.07. The molecule has 0 amide bonds. The van der Waals surface area contributed by atoms with Gasteiger partial charge in [0, 0.05) is 6.20 Å². The van der Waals surface area contributed by atoms with Gasteiger partial charge in [0.2, 0.25) is 0 Å². The molecule has 0 spiro atoms. The van der Waals surface area contributed by atoms with Gasteiger partial charge in [0.25, 0.3) is 0 Å². The normalized spacial score (nSPS) is 10.5. The number of para-hydroxylation sites is 1. The number of hydrogen-bond acceptors (Lipinski definition) is 2. The molecule has 1 heterocycles. The smallest absolute Gasteiger partial charge is 0.0674 e. The molecule has 0 fully saturated rings. The standard InChI is InChI=1S/C12H15N3/c1-10-4-2-3-5-12(10)15-9-11(6-7-13)8-14-15/h2-5,8-9H,6-7,13H2,1H3. The van der Waals surface area contributed by atoms with Crippen LogP contribution in [0.4, 0.5) is 0 Å². The molecule has 2 N–H and O–H groups in total. The number of nitrogens with zero attached hydrogens (tertiary/aromatic N) is 2. The van der Waals surface area contributed by atoms with Crippen LogP contribution in [-0.4, -0.2) is 16.3 Å². The summed E-state index contributed by atoms with van der Waals surface area (Å²) in [5.74, 6) is 0. The van der Waals surface area contributed by atoms with Crippen LogP contribution in [0.1, 0.15) is 11.1 Å². The fourth-order valence-corrected chi connectivity index (χ4v) is 1.61. The zero-order valence-electron chi connectivity index (χ0n) is 8.85. The molecule has 0 atom stereocenters. The summed E-state index contributed by atoms with van der Waals surface area (Å²) in [6, 6.07) is 8.20. The van der Waals surface area contributed by atoms with E-state index in [9.17, 15) is 0 Å². The van der Waals surface area contributed by atoms with Gasteiger partial charge in [-0.2, -0.15) is 5.10 Å². The SMILES string of the molecule is Cc1ccccc1-n1cc(CCN)cn1. The van der Waals surface area contributed by atoms with E-state index in [-0.39, 0.29) is 0 Å². The van der Waals surface area contributed by atoms with Gasteiger partial charge >= 0.3 is 0 Å². The average Bonchev–Trinajstić information content (AvgIpc) is 2.68. The van der Waals surface area contributed by atoms with Crippen molar-refractivity contribution < 1.29 is 0 Å². The molecule has 0 aliphatic carbocycles. The molecule has 2 aromatic rings. The molecule has 3 nitrogen and oxygen atoms in total. The Balaban J connectivity index is 2.33. The first-order valence-corrected chi connectivity index (χ1v) is 5.11. The maximum atomic E-state index is 5.50. The summed E-state index contributed by atoms with van der Waals surface area (Å²) in [5.41, 5.74) is 9.03. The van der Waals surface area contributed by atoms with E-state index in [1.165, 1.54) is 11.1 Å². The molecule has 0 saturated heterocycles. The largest absolute Gasteiger partial charge is 0.330 e. The molecule has 2 rings (SSSR count). The molecule has 78 valence electrons. The van der Waals surface area contributed by atoms with Crippen LogP contribution in [0.5, 0.6) is 0 Å². The highest BCUT2D eigenvalue weighted by atomic mass is 15.3. The Bertz CT molecular complexity index is 446. The van der Waals surface area contributed by atoms with Crippen LogP contribution in [-0.2, 0) is 6.42 Å². The van der Waals surface area contributed by atoms with Crippen LogP contribution >= 0.6 is 0 Å². The van der Waals surface area contributed by atoms with Crippen LogP contribution in [0, 0.1) is 6.92 Å². The van der Waals surface area contributed by atoms with Crippen LogP contribution in [0.25, 0.3) is 5.69 Å². The zero-order chi connectivity index (χ0) is 10.7. The molecule has 0 aliphatic heterocycles. The van der Waals surface area contributed by atoms with Gasteiger partial charge in [-0.15, -0.1) is 0 Å². The second-order valence-electron chi connectivity index (χ2n) is 3.62. The topological polar surface area (TPSA) is 43.8 Å². The first-order chi connectivity index (χ1) is 7.31. The Morgan fingerprint density at radius 1 is 1.33 bits per heavy atom. The van der Waals surface area contributed by atoms with E-state index >= 15 is 0 Å². The number of benzene rings is 1. The van der Waals surface area contributed by atoms with E-state index in [1.54, 1.807) is 0 Å². The van der Waals surface area contributed by atoms with E-state index in [0.717, 1.165) is 12.1 Å². The third-order valence-corrected chi connectivity index (χ3v) is 2.43. The van der Waals surface area contributed by atoms with Crippen molar-refractivity contribution in [3.05, 3.63) is 47.8 Å². The van der Waals surface area contributed by atoms with E-state index in [0.29, 0.717) is 6.54 Å². The lowest BCUT2D eigenvalue weighted by molar-refractivity contribution is 0.871. The summed E-state index contributed by atoms with van der Waals surface area (Å²) in [6.07, 6.45) is 4.79. The van der Waals surface area contributed by atoms with E-state index in [4.69, 9.17) is 5.73 Å². The van der Waals surface area contributed by atoms with Gasteiger partial charge in [-0.25, -0.2) is 4.68 Å². The van der Waals surface area contributed by atoms with Crippen LogP contribution < -0.4 is 5.73 Å². The molecule has 0 unspecified atom stereocenters. The average molecular weight is 201 g/mol. The summed E-state index contributed by atoms with van der Waals surface area (Å²) >= 11 is 0. The van der Waals surface area contributed by atoms with E-state index in [2.05, 4.69) is 24.2 Å². The molecule has 15 heavy (non-hydrogen) atoms. The van der Waals surface area contributed by atoms with E-state index < -0.39 is 0 Å². The molecule has 0 bridgehead atoms. The fourth-order valence-electron chi connectivity index (χ4n) is 1.61. The van der Waals surface area contributed by atoms with Crippen molar-refractivity contribution in [1.29, 1.82) is 0 Å². The molecule has 0 radical (unpaired) electrons. The van der Waals surface area contributed by atoms with E-state index in [1.807, 2.05) is 29.2 Å². The molecule has 0 aliphatic rings. The van der Waals surface area contributed by atoms with Crippen molar-refractivity contribution in [1.82, 2.24) is 9.78 Å². The van der Waals surface area contributed by atoms with Crippen molar-refractivity contribution in [2.75, 3.05) is 6.54 Å². The van der Waals surface area contributed by atoms with Gasteiger partial charge < -0.3 is 5.73 Å². The Labute approximate surface area is 89.5 Å². The van der Waals surface area contributed by atoms with Crippen molar-refractivity contribution in [2.24, 2.45) is 5.73 Å². The second kappa shape index (κ2) is 4.28. The molecule has 3 heteroatoms. The number of aryl methyl sites for hydroxylation is 1. The van der Waals surface area contributed by atoms with Crippen LogP contribution in [0.15, 0.2) is 36.7 Å². The molecular formula is C12H15N3. The van der Waals surface area contributed by atoms with Crippen molar-refractivity contribution in [2.45, 2.75) is 13.3 Å². The Kier molecular flexibility index (Phi) is 2.83. The van der Waals surface area contributed by atoms with Gasteiger partial charge in [-0.1, -0.05) is 18.2 Å². The number of rotatable bonds is 3. The Morgan fingerprint density at radius 3 is 2.87 bits per heavy atom. The first kappa shape index (κ1) is 9.93. The summed E-state index contributed by atoms with van der Waals surface area (Å²) in [6.45, 7) is 2.75. The van der Waals surface area contributed by atoms with Crippen molar-refractivity contribution in [3.63, 3.8) is 0 Å². The van der Waals surface area contributed by atoms with Crippen LogP contribution in [0.3, 0.4) is 0 Å². The summed E-state index contributed by atoms with van der Waals surface area (Å²) in [4.78, 5) is 0. The highest BCUT2D eigenvalue weighted by Crippen LogP contribution is 2.12. The quantitative estimate of drug-likeness (QED) is 0.821. The van der Waals surface area contributed by atoms with Gasteiger partial charge in [0.1, 0.15) is 0 Å². The lowest BCUT2D eigenvalue weighted by Crippen LogP contribution is -2.01. The minimum atomic E-state index is 0.666. The third-order valence-electron chi connectivity index (χ3n) is 2.43. The lowest BCUT2D eigenvalue weighted by Gasteiger charge is -2.04. The minimum absolute atomic E-state index is 0.666. The molecular weight excluding hydrogens is 186 g/mol. The molecule has 0 saturated carbocycles. The maximum absolute atomic E-state index is 5.50. The van der Waals surface area contributed by atoms with Crippen molar-refractivity contribution in [3.8, 4) is 5.69 Å². The minimum Gasteiger partial charge on any atom is -0.330 e. The van der Waals surface area contributed by atoms with Gasteiger partial charge in [0.05, 0.1) is 11.9 Å². The monoisotopic (exact) mass is 201 g/mol. The number of nitrogens with two attached hydrogens (primary N) is 1. The van der Waals surface area contributed by atoms with Gasteiger partial charge in [0.15, 0.2) is 0 Å². The highest BCUT2D eigenvalue weighted by molar-refractivity contribution is 5.39. The fraction of sp³-hybridized carbons (Fsp3) is 0.250. The highest BCUT2D eigenvalue weighted by Gasteiger charge is 2.02. The second-order valence-corrected chi connectivity index (χ2v) is 3.62. The first-order valence-electron chi connectivity index (χ1n) is 5.11. The summed E-state index contributed by atoms with van der Waals surface area (Å²) < 4.78 is 1.90. The van der Waals surface area contributed by atoms with Crippen LogP contribution in [0.2, 0.25) is 0 Å². The van der Waals surface area contributed by atoms with Gasteiger partial charge in [-0.3, -0.25) is 0 Å². The zero-order valence-corrected chi connectivity index (χ0v) is 8.85.